The van der Waals surface area contributed by atoms with Gasteiger partial charge in [0.05, 0.1) is 5.75 Å². The minimum atomic E-state index is 0.0510. The molecule has 0 aromatic carbocycles. The summed E-state index contributed by atoms with van der Waals surface area (Å²) in [6.45, 7) is 3.06. The maximum Gasteiger partial charge on any atom is 0.229 e. The van der Waals surface area contributed by atoms with E-state index in [1.165, 1.54) is 12.8 Å². The molecule has 0 heterocycles. The van der Waals surface area contributed by atoms with Gasteiger partial charge in [0.25, 0.3) is 0 Å². The van der Waals surface area contributed by atoms with Crippen LogP contribution in [-0.4, -0.2) is 18.2 Å². The highest BCUT2D eigenvalue weighted by molar-refractivity contribution is 7.81. The Kier molecular flexibility index (Phi) is 3.24. The molecule has 0 aliphatic heterocycles. The van der Waals surface area contributed by atoms with Crippen molar-refractivity contribution >= 4 is 18.5 Å². The van der Waals surface area contributed by atoms with Crippen LogP contribution in [0.5, 0.6) is 0 Å². The number of hydrogen-bond donors (Lipinski definition) is 2. The van der Waals surface area contributed by atoms with Crippen LogP contribution in [0.1, 0.15) is 19.8 Å². The Hall–Kier alpha value is -0.180. The summed E-state index contributed by atoms with van der Waals surface area (Å²) in [6, 6.07) is 0. The third-order valence-corrected chi connectivity index (χ3v) is 2.59. The molecule has 2 atom stereocenters. The number of thiol groups is 1. The van der Waals surface area contributed by atoms with Gasteiger partial charge < -0.3 is 5.32 Å². The first-order valence-electron chi connectivity index (χ1n) is 4.15. The van der Waals surface area contributed by atoms with Gasteiger partial charge in [0.2, 0.25) is 5.91 Å². The Balaban J connectivity index is 2.01. The van der Waals surface area contributed by atoms with Gasteiger partial charge in [-0.15, -0.1) is 0 Å². The average molecular weight is 173 g/mol. The number of rotatable bonds is 4. The molecule has 1 amide bonds. The Morgan fingerprint density at radius 3 is 2.82 bits per heavy atom. The lowest BCUT2D eigenvalue weighted by atomic mass is 10.2. The highest BCUT2D eigenvalue weighted by Crippen LogP contribution is 2.40. The van der Waals surface area contributed by atoms with Gasteiger partial charge in [-0.05, 0) is 18.3 Å². The average Bonchev–Trinajstić information content (AvgIpc) is 2.78. The van der Waals surface area contributed by atoms with Gasteiger partial charge >= 0.3 is 0 Å². The Morgan fingerprint density at radius 1 is 1.64 bits per heavy atom. The normalized spacial score (nSPS) is 28.2. The van der Waals surface area contributed by atoms with E-state index in [1.807, 2.05) is 0 Å². The Labute approximate surface area is 73.2 Å². The second kappa shape index (κ2) is 4.00. The van der Waals surface area contributed by atoms with E-state index in [4.69, 9.17) is 0 Å². The molecule has 1 aliphatic carbocycles. The van der Waals surface area contributed by atoms with Crippen LogP contribution in [0, 0.1) is 11.8 Å². The van der Waals surface area contributed by atoms with Gasteiger partial charge in [0, 0.05) is 6.54 Å². The molecule has 0 radical (unpaired) electrons. The van der Waals surface area contributed by atoms with Crippen LogP contribution in [0.4, 0.5) is 0 Å². The minimum absolute atomic E-state index is 0.0510. The predicted molar refractivity (Wildman–Crippen MR) is 48.8 cm³/mol. The first-order valence-corrected chi connectivity index (χ1v) is 4.78. The van der Waals surface area contributed by atoms with E-state index in [-0.39, 0.29) is 5.91 Å². The van der Waals surface area contributed by atoms with E-state index in [0.29, 0.717) is 5.75 Å². The molecule has 1 N–H and O–H groups in total. The molecule has 0 aromatic heterocycles. The van der Waals surface area contributed by atoms with Crippen molar-refractivity contribution < 1.29 is 4.79 Å². The summed E-state index contributed by atoms with van der Waals surface area (Å²) in [7, 11) is 0. The fourth-order valence-electron chi connectivity index (χ4n) is 1.36. The van der Waals surface area contributed by atoms with Gasteiger partial charge in [-0.3, -0.25) is 4.79 Å². The SMILES string of the molecule is CC[C@@H]1C[C@H]1CNC(=O)CS. The number of carbonyl (C=O) groups excluding carboxylic acids is 1. The van der Waals surface area contributed by atoms with Crippen LogP contribution in [0.3, 0.4) is 0 Å². The van der Waals surface area contributed by atoms with E-state index in [2.05, 4.69) is 24.9 Å². The number of hydrogen-bond acceptors (Lipinski definition) is 2. The molecule has 0 unspecified atom stereocenters. The van der Waals surface area contributed by atoms with Gasteiger partial charge in [-0.2, -0.15) is 12.6 Å². The summed E-state index contributed by atoms with van der Waals surface area (Å²) < 4.78 is 0. The van der Waals surface area contributed by atoms with Crippen molar-refractivity contribution in [1.82, 2.24) is 5.32 Å². The molecule has 3 heteroatoms. The lowest BCUT2D eigenvalue weighted by Crippen LogP contribution is -2.26. The highest BCUT2D eigenvalue weighted by atomic mass is 32.1. The van der Waals surface area contributed by atoms with E-state index in [1.54, 1.807) is 0 Å². The quantitative estimate of drug-likeness (QED) is 0.612. The zero-order valence-electron chi connectivity index (χ0n) is 6.84. The molecule has 0 bridgehead atoms. The van der Waals surface area contributed by atoms with Crippen molar-refractivity contribution in [3.63, 3.8) is 0 Å². The van der Waals surface area contributed by atoms with Crippen molar-refractivity contribution in [2.75, 3.05) is 12.3 Å². The summed E-state index contributed by atoms with van der Waals surface area (Å²) >= 11 is 3.87. The third kappa shape index (κ3) is 2.73. The molecule has 2 nitrogen and oxygen atoms in total. The first kappa shape index (κ1) is 8.91. The molecule has 1 rings (SSSR count). The van der Waals surface area contributed by atoms with Crippen LogP contribution in [0.25, 0.3) is 0 Å². The molecule has 64 valence electrons. The third-order valence-electron chi connectivity index (χ3n) is 2.30. The van der Waals surface area contributed by atoms with E-state index >= 15 is 0 Å². The monoisotopic (exact) mass is 173 g/mol. The molecule has 1 aliphatic rings. The summed E-state index contributed by atoms with van der Waals surface area (Å²) in [5.41, 5.74) is 0. The van der Waals surface area contributed by atoms with Gasteiger partial charge in [0.15, 0.2) is 0 Å². The van der Waals surface area contributed by atoms with E-state index < -0.39 is 0 Å². The van der Waals surface area contributed by atoms with Crippen LogP contribution >= 0.6 is 12.6 Å². The smallest absolute Gasteiger partial charge is 0.229 e. The predicted octanol–water partition coefficient (Wildman–Crippen LogP) is 1.08. The highest BCUT2D eigenvalue weighted by Gasteiger charge is 2.34. The number of nitrogens with one attached hydrogen (secondary N) is 1. The topological polar surface area (TPSA) is 29.1 Å². The van der Waals surface area contributed by atoms with Gasteiger partial charge in [0.1, 0.15) is 0 Å². The molecule has 0 spiro atoms. The maximum atomic E-state index is 10.8. The summed E-state index contributed by atoms with van der Waals surface area (Å²) in [6.07, 6.45) is 2.55. The van der Waals surface area contributed by atoms with Crippen LogP contribution in [0.2, 0.25) is 0 Å². The summed E-state index contributed by atoms with van der Waals surface area (Å²) in [4.78, 5) is 10.8. The molecule has 0 saturated heterocycles. The van der Waals surface area contributed by atoms with Gasteiger partial charge in [-0.25, -0.2) is 0 Å². The van der Waals surface area contributed by atoms with Crippen molar-refractivity contribution in [3.05, 3.63) is 0 Å². The largest absolute Gasteiger partial charge is 0.355 e. The summed E-state index contributed by atoms with van der Waals surface area (Å²) in [5, 5.41) is 2.84. The minimum Gasteiger partial charge on any atom is -0.355 e. The van der Waals surface area contributed by atoms with Gasteiger partial charge in [-0.1, -0.05) is 13.3 Å². The Bertz CT molecular complexity index is 149. The molecular weight excluding hydrogens is 158 g/mol. The zero-order valence-corrected chi connectivity index (χ0v) is 7.73. The van der Waals surface area contributed by atoms with Crippen molar-refractivity contribution in [2.24, 2.45) is 11.8 Å². The maximum absolute atomic E-state index is 10.8. The van der Waals surface area contributed by atoms with Crippen LogP contribution < -0.4 is 5.32 Å². The second-order valence-corrected chi connectivity index (χ2v) is 3.44. The first-order chi connectivity index (χ1) is 5.27. The fourth-order valence-corrected chi connectivity index (χ4v) is 1.47. The Morgan fingerprint density at radius 2 is 2.36 bits per heavy atom. The molecule has 1 fully saturated rings. The molecule has 11 heavy (non-hydrogen) atoms. The standard InChI is InChI=1S/C8H15NOS/c1-2-6-3-7(6)4-9-8(10)5-11/h6-7,11H,2-5H2,1H3,(H,9,10)/t6-,7+/m1/s1. The fraction of sp³-hybridized carbons (Fsp3) is 0.875. The summed E-state index contributed by atoms with van der Waals surface area (Å²) in [5.74, 6) is 1.98. The second-order valence-electron chi connectivity index (χ2n) is 3.13. The lowest BCUT2D eigenvalue weighted by Gasteiger charge is -2.00. The van der Waals surface area contributed by atoms with E-state index in [9.17, 15) is 4.79 Å². The van der Waals surface area contributed by atoms with Crippen molar-refractivity contribution in [3.8, 4) is 0 Å². The molecule has 0 aromatic rings. The van der Waals surface area contributed by atoms with Crippen LogP contribution in [0.15, 0.2) is 0 Å². The number of carbonyl (C=O) groups is 1. The lowest BCUT2D eigenvalue weighted by molar-refractivity contribution is -0.118. The van der Waals surface area contributed by atoms with Crippen molar-refractivity contribution in [2.45, 2.75) is 19.8 Å². The van der Waals surface area contributed by atoms with Crippen molar-refractivity contribution in [1.29, 1.82) is 0 Å². The van der Waals surface area contributed by atoms with Crippen LogP contribution in [-0.2, 0) is 4.79 Å². The van der Waals surface area contributed by atoms with E-state index in [0.717, 1.165) is 18.4 Å². The number of amides is 1. The molecule has 1 saturated carbocycles. The zero-order chi connectivity index (χ0) is 8.27. The molecular formula is C8H15NOS.